The summed E-state index contributed by atoms with van der Waals surface area (Å²) in [6.07, 6.45) is 2.47. The highest BCUT2D eigenvalue weighted by molar-refractivity contribution is 4.73. The molecule has 0 bridgehead atoms. The van der Waals surface area contributed by atoms with Crippen molar-refractivity contribution in [1.82, 2.24) is 0 Å². The van der Waals surface area contributed by atoms with Gasteiger partial charge in [-0.05, 0) is 12.3 Å². The molecule has 0 heterocycles. The molecule has 2 nitrogen and oxygen atoms in total. The molecule has 0 spiro atoms. The maximum atomic E-state index is 9.66. The van der Waals surface area contributed by atoms with Gasteiger partial charge in [-0.2, -0.15) is 0 Å². The summed E-state index contributed by atoms with van der Waals surface area (Å²) >= 11 is 0. The van der Waals surface area contributed by atoms with Crippen LogP contribution in [-0.4, -0.2) is 22.4 Å². The maximum absolute atomic E-state index is 9.66. The zero-order valence-corrected chi connectivity index (χ0v) is 8.45. The lowest BCUT2D eigenvalue weighted by atomic mass is 9.91. The molecule has 0 aliphatic carbocycles. The summed E-state index contributed by atoms with van der Waals surface area (Å²) in [7, 11) is 0. The van der Waals surface area contributed by atoms with E-state index in [0.717, 1.165) is 19.3 Å². The molecule has 0 fully saturated rings. The van der Waals surface area contributed by atoms with Crippen molar-refractivity contribution in [3.63, 3.8) is 0 Å². The van der Waals surface area contributed by atoms with Gasteiger partial charge >= 0.3 is 0 Å². The van der Waals surface area contributed by atoms with Crippen molar-refractivity contribution in [1.29, 1.82) is 0 Å². The van der Waals surface area contributed by atoms with Crippen LogP contribution in [0.25, 0.3) is 0 Å². The van der Waals surface area contributed by atoms with Crippen LogP contribution in [0.5, 0.6) is 0 Å². The second kappa shape index (κ2) is 6.44. The predicted octanol–water partition coefficient (Wildman–Crippen LogP) is 1.94. The molecule has 0 radical (unpaired) electrons. The Hall–Kier alpha value is -0.0800. The first kappa shape index (κ1) is 11.9. The summed E-state index contributed by atoms with van der Waals surface area (Å²) in [5.41, 5.74) is 0. The summed E-state index contributed by atoms with van der Waals surface area (Å²) in [5.74, 6) is 0.256. The van der Waals surface area contributed by atoms with E-state index >= 15 is 0 Å². The van der Waals surface area contributed by atoms with Gasteiger partial charge in [0.2, 0.25) is 0 Å². The highest BCUT2D eigenvalue weighted by atomic mass is 16.3. The van der Waals surface area contributed by atoms with Gasteiger partial charge in [0.25, 0.3) is 0 Å². The molecule has 0 saturated heterocycles. The molecule has 0 aromatic carbocycles. The van der Waals surface area contributed by atoms with E-state index in [1.165, 1.54) is 0 Å². The third kappa shape index (κ3) is 3.55. The fraction of sp³-hybridized carbons (Fsp3) is 1.00. The Labute approximate surface area is 75.6 Å². The van der Waals surface area contributed by atoms with Gasteiger partial charge in [-0.15, -0.1) is 0 Å². The molecular weight excluding hydrogens is 152 g/mol. The van der Waals surface area contributed by atoms with Crippen molar-refractivity contribution in [2.75, 3.05) is 0 Å². The summed E-state index contributed by atoms with van der Waals surface area (Å²) in [4.78, 5) is 0. The van der Waals surface area contributed by atoms with Crippen molar-refractivity contribution in [3.8, 4) is 0 Å². The fourth-order valence-electron chi connectivity index (χ4n) is 1.55. The Kier molecular flexibility index (Phi) is 6.39. The van der Waals surface area contributed by atoms with Gasteiger partial charge in [-0.25, -0.2) is 0 Å². The fourth-order valence-corrected chi connectivity index (χ4v) is 1.55. The van der Waals surface area contributed by atoms with E-state index < -0.39 is 12.2 Å². The summed E-state index contributed by atoms with van der Waals surface area (Å²) < 4.78 is 0. The molecule has 74 valence electrons. The Bertz CT molecular complexity index is 100. The lowest BCUT2D eigenvalue weighted by Gasteiger charge is -2.24. The van der Waals surface area contributed by atoms with Gasteiger partial charge in [-0.3, -0.25) is 0 Å². The van der Waals surface area contributed by atoms with Crippen molar-refractivity contribution in [2.24, 2.45) is 5.92 Å². The monoisotopic (exact) mass is 174 g/mol. The van der Waals surface area contributed by atoms with Gasteiger partial charge in [0, 0.05) is 0 Å². The molecule has 0 rings (SSSR count). The van der Waals surface area contributed by atoms with Crippen molar-refractivity contribution >= 4 is 0 Å². The normalized spacial score (nSPS) is 16.5. The smallest absolute Gasteiger partial charge is 0.0826 e. The number of aliphatic hydroxyl groups is 2. The van der Waals surface area contributed by atoms with Gasteiger partial charge in [0.1, 0.15) is 0 Å². The predicted molar refractivity (Wildman–Crippen MR) is 51.0 cm³/mol. The lowest BCUT2D eigenvalue weighted by molar-refractivity contribution is -0.0234. The van der Waals surface area contributed by atoms with E-state index in [-0.39, 0.29) is 5.92 Å². The van der Waals surface area contributed by atoms with E-state index in [1.807, 2.05) is 6.92 Å². The van der Waals surface area contributed by atoms with E-state index in [9.17, 15) is 10.2 Å². The van der Waals surface area contributed by atoms with Gasteiger partial charge < -0.3 is 10.2 Å². The first-order valence-corrected chi connectivity index (χ1v) is 5.03. The van der Waals surface area contributed by atoms with Crippen LogP contribution in [0.15, 0.2) is 0 Å². The number of hydrogen-bond donors (Lipinski definition) is 2. The highest BCUT2D eigenvalue weighted by Gasteiger charge is 2.22. The minimum Gasteiger partial charge on any atom is -0.390 e. The Morgan fingerprint density at radius 1 is 1.00 bits per heavy atom. The van der Waals surface area contributed by atoms with E-state index in [0.29, 0.717) is 6.42 Å². The molecule has 2 atom stereocenters. The number of rotatable bonds is 6. The molecule has 0 aromatic heterocycles. The van der Waals surface area contributed by atoms with E-state index in [2.05, 4.69) is 13.8 Å². The second-order valence-corrected chi connectivity index (χ2v) is 3.42. The molecule has 0 aromatic rings. The van der Waals surface area contributed by atoms with Crippen LogP contribution < -0.4 is 0 Å². The highest BCUT2D eigenvalue weighted by Crippen LogP contribution is 2.18. The van der Waals surface area contributed by atoms with E-state index in [4.69, 9.17) is 0 Å². The lowest BCUT2D eigenvalue weighted by Crippen LogP contribution is -2.32. The molecule has 2 unspecified atom stereocenters. The van der Waals surface area contributed by atoms with Crippen LogP contribution in [0, 0.1) is 5.92 Å². The van der Waals surface area contributed by atoms with Crippen LogP contribution in [0.2, 0.25) is 0 Å². The molecule has 2 N–H and O–H groups in total. The van der Waals surface area contributed by atoms with Crippen LogP contribution >= 0.6 is 0 Å². The molecule has 0 amide bonds. The minimum atomic E-state index is -0.528. The largest absolute Gasteiger partial charge is 0.390 e. The first-order valence-electron chi connectivity index (χ1n) is 5.03. The second-order valence-electron chi connectivity index (χ2n) is 3.42. The van der Waals surface area contributed by atoms with Gasteiger partial charge in [0.15, 0.2) is 0 Å². The Balaban J connectivity index is 3.87. The third-order valence-electron chi connectivity index (χ3n) is 2.51. The van der Waals surface area contributed by atoms with E-state index in [1.54, 1.807) is 0 Å². The zero-order chi connectivity index (χ0) is 9.56. The topological polar surface area (TPSA) is 40.5 Å². The SMILES string of the molecule is CCCC(O)C(O)C(CC)CC. The molecule has 0 aliphatic heterocycles. The van der Waals surface area contributed by atoms with Crippen LogP contribution in [0.3, 0.4) is 0 Å². The summed E-state index contributed by atoms with van der Waals surface area (Å²) in [5, 5.41) is 19.2. The summed E-state index contributed by atoms with van der Waals surface area (Å²) in [6, 6.07) is 0. The van der Waals surface area contributed by atoms with Gasteiger partial charge in [-0.1, -0.05) is 40.0 Å². The van der Waals surface area contributed by atoms with Gasteiger partial charge in [0.05, 0.1) is 12.2 Å². The molecule has 2 heteroatoms. The zero-order valence-electron chi connectivity index (χ0n) is 8.45. The van der Waals surface area contributed by atoms with Crippen LogP contribution in [-0.2, 0) is 0 Å². The summed E-state index contributed by atoms with van der Waals surface area (Å²) in [6.45, 7) is 6.12. The Morgan fingerprint density at radius 3 is 1.83 bits per heavy atom. The Morgan fingerprint density at radius 2 is 1.50 bits per heavy atom. The maximum Gasteiger partial charge on any atom is 0.0826 e. The third-order valence-corrected chi connectivity index (χ3v) is 2.51. The quantitative estimate of drug-likeness (QED) is 0.646. The average molecular weight is 174 g/mol. The molecule has 12 heavy (non-hydrogen) atoms. The molecular formula is C10H22O2. The van der Waals surface area contributed by atoms with Crippen molar-refractivity contribution < 1.29 is 10.2 Å². The van der Waals surface area contributed by atoms with Crippen molar-refractivity contribution in [3.05, 3.63) is 0 Å². The number of hydrogen-bond acceptors (Lipinski definition) is 2. The number of aliphatic hydroxyl groups excluding tert-OH is 2. The minimum absolute atomic E-state index is 0.256. The van der Waals surface area contributed by atoms with Crippen LogP contribution in [0.4, 0.5) is 0 Å². The van der Waals surface area contributed by atoms with Crippen molar-refractivity contribution in [2.45, 2.75) is 58.7 Å². The molecule has 0 saturated carbocycles. The standard InChI is InChI=1S/C10H22O2/c1-4-7-9(11)10(12)8(5-2)6-3/h8-12H,4-7H2,1-3H3. The van der Waals surface area contributed by atoms with Crippen LogP contribution in [0.1, 0.15) is 46.5 Å². The molecule has 0 aliphatic rings. The first-order chi connectivity index (χ1) is 5.67. The average Bonchev–Trinajstić information content (AvgIpc) is 2.07.